The van der Waals surface area contributed by atoms with Crippen molar-refractivity contribution in [1.82, 2.24) is 15.1 Å². The van der Waals surface area contributed by atoms with Crippen molar-refractivity contribution in [2.45, 2.75) is 13.0 Å². The number of benzene rings is 1. The molecule has 1 aromatic heterocycles. The van der Waals surface area contributed by atoms with Crippen LogP contribution in [0.3, 0.4) is 0 Å². The van der Waals surface area contributed by atoms with E-state index in [0.29, 0.717) is 10.7 Å². The van der Waals surface area contributed by atoms with Crippen LogP contribution in [0.25, 0.3) is 0 Å². The molecule has 0 radical (unpaired) electrons. The summed E-state index contributed by atoms with van der Waals surface area (Å²) in [5, 5.41) is 7.61. The second-order valence-electron chi connectivity index (χ2n) is 4.45. The second kappa shape index (κ2) is 3.85. The normalized spacial score (nSPS) is 18.3. The molecular weight excluding hydrogens is 250 g/mol. The largest absolute Gasteiger partial charge is 0.329 e. The van der Waals surface area contributed by atoms with Crippen LogP contribution < -0.4 is 0 Å². The van der Waals surface area contributed by atoms with E-state index >= 15 is 0 Å². The van der Waals surface area contributed by atoms with Gasteiger partial charge in [0.25, 0.3) is 5.91 Å². The van der Waals surface area contributed by atoms with Gasteiger partial charge in [0, 0.05) is 23.3 Å². The molecule has 1 amide bonds. The Balaban J connectivity index is 2.21. The molecule has 18 heavy (non-hydrogen) atoms. The van der Waals surface area contributed by atoms with Crippen molar-refractivity contribution in [2.75, 3.05) is 7.05 Å². The lowest BCUT2D eigenvalue weighted by atomic mass is 9.99. The van der Waals surface area contributed by atoms with Crippen molar-refractivity contribution in [3.63, 3.8) is 0 Å². The molecule has 1 aromatic carbocycles. The van der Waals surface area contributed by atoms with Gasteiger partial charge in [0.2, 0.25) is 0 Å². The summed E-state index contributed by atoms with van der Waals surface area (Å²) in [6, 6.07) is 7.43. The lowest BCUT2D eigenvalue weighted by molar-refractivity contribution is 0.0787. The van der Waals surface area contributed by atoms with Gasteiger partial charge in [-0.2, -0.15) is 5.10 Å². The van der Waals surface area contributed by atoms with E-state index in [9.17, 15) is 4.79 Å². The molecule has 0 unspecified atom stereocenters. The fourth-order valence-corrected chi connectivity index (χ4v) is 2.71. The number of halogens is 1. The van der Waals surface area contributed by atoms with E-state index in [-0.39, 0.29) is 11.9 Å². The third-order valence-electron chi connectivity index (χ3n) is 3.38. The average Bonchev–Trinajstić information content (AvgIpc) is 2.83. The number of carbonyl (C=O) groups excluding carboxylic acids is 1. The highest BCUT2D eigenvalue weighted by molar-refractivity contribution is 6.31. The van der Waals surface area contributed by atoms with Gasteiger partial charge in [-0.25, -0.2) is 0 Å². The molecule has 1 aliphatic heterocycles. The SMILES string of the molecule is Cc1[nH]nc2c1[C@H](c1ccccc1Cl)N(C)C2=O. The molecule has 0 saturated carbocycles. The standard InChI is InChI=1S/C13H12ClN3O/c1-7-10-11(16-15-7)13(18)17(2)12(10)8-5-3-4-6-9(8)14/h3-6,12H,1-2H3,(H,15,16)/t12-/m0/s1. The number of fused-ring (bicyclic) bond motifs is 1. The molecule has 2 heterocycles. The van der Waals surface area contributed by atoms with Crippen LogP contribution in [0.1, 0.15) is 33.4 Å². The second-order valence-corrected chi connectivity index (χ2v) is 4.86. The first-order valence-electron chi connectivity index (χ1n) is 5.67. The van der Waals surface area contributed by atoms with Gasteiger partial charge in [-0.05, 0) is 18.6 Å². The first kappa shape index (κ1) is 11.3. The smallest absolute Gasteiger partial charge is 0.275 e. The van der Waals surface area contributed by atoms with Crippen LogP contribution >= 0.6 is 11.6 Å². The number of hydrogen-bond donors (Lipinski definition) is 1. The lowest BCUT2D eigenvalue weighted by Crippen LogP contribution is -2.25. The summed E-state index contributed by atoms with van der Waals surface area (Å²) in [6.07, 6.45) is 0. The highest BCUT2D eigenvalue weighted by atomic mass is 35.5. The van der Waals surface area contributed by atoms with Crippen LogP contribution in [0, 0.1) is 6.92 Å². The summed E-state index contributed by atoms with van der Waals surface area (Å²) >= 11 is 6.23. The predicted molar refractivity (Wildman–Crippen MR) is 68.7 cm³/mol. The van der Waals surface area contributed by atoms with Crippen molar-refractivity contribution in [3.8, 4) is 0 Å². The van der Waals surface area contributed by atoms with E-state index in [1.807, 2.05) is 31.2 Å². The number of rotatable bonds is 1. The Morgan fingerprint density at radius 1 is 1.39 bits per heavy atom. The van der Waals surface area contributed by atoms with Crippen molar-refractivity contribution < 1.29 is 4.79 Å². The summed E-state index contributed by atoms with van der Waals surface area (Å²) in [5.74, 6) is -0.0701. The van der Waals surface area contributed by atoms with Gasteiger partial charge in [-0.15, -0.1) is 0 Å². The van der Waals surface area contributed by atoms with Gasteiger partial charge < -0.3 is 4.90 Å². The number of aryl methyl sites for hydroxylation is 1. The highest BCUT2D eigenvalue weighted by Gasteiger charge is 2.39. The van der Waals surface area contributed by atoms with E-state index in [1.54, 1.807) is 11.9 Å². The fourth-order valence-electron chi connectivity index (χ4n) is 2.47. The zero-order chi connectivity index (χ0) is 12.9. The summed E-state index contributed by atoms with van der Waals surface area (Å²) in [5.41, 5.74) is 3.27. The van der Waals surface area contributed by atoms with Crippen molar-refractivity contribution >= 4 is 17.5 Å². The first-order valence-corrected chi connectivity index (χ1v) is 6.05. The van der Waals surface area contributed by atoms with Crippen LogP contribution in [0.5, 0.6) is 0 Å². The Morgan fingerprint density at radius 2 is 2.11 bits per heavy atom. The maximum Gasteiger partial charge on any atom is 0.275 e. The highest BCUT2D eigenvalue weighted by Crippen LogP contribution is 2.40. The van der Waals surface area contributed by atoms with Gasteiger partial charge in [-0.3, -0.25) is 9.89 Å². The Kier molecular flexibility index (Phi) is 2.41. The van der Waals surface area contributed by atoms with Crippen LogP contribution in [0.2, 0.25) is 5.02 Å². The molecule has 1 N–H and O–H groups in total. The van der Waals surface area contributed by atoms with Crippen LogP contribution in [0.4, 0.5) is 0 Å². The number of aromatic amines is 1. The van der Waals surface area contributed by atoms with Gasteiger partial charge in [0.1, 0.15) is 0 Å². The van der Waals surface area contributed by atoms with E-state index < -0.39 is 0 Å². The number of nitrogens with zero attached hydrogens (tertiary/aromatic N) is 2. The van der Waals surface area contributed by atoms with Gasteiger partial charge in [0.15, 0.2) is 5.69 Å². The topological polar surface area (TPSA) is 49.0 Å². The Bertz CT molecular complexity index is 635. The number of hydrogen-bond acceptors (Lipinski definition) is 2. The molecule has 4 nitrogen and oxygen atoms in total. The van der Waals surface area contributed by atoms with Gasteiger partial charge in [-0.1, -0.05) is 29.8 Å². The predicted octanol–water partition coefficient (Wildman–Crippen LogP) is 2.55. The quantitative estimate of drug-likeness (QED) is 0.858. The molecule has 1 atom stereocenters. The van der Waals surface area contributed by atoms with Crippen LogP contribution in [0.15, 0.2) is 24.3 Å². The monoisotopic (exact) mass is 261 g/mol. The molecule has 0 aliphatic carbocycles. The molecule has 2 aromatic rings. The zero-order valence-electron chi connectivity index (χ0n) is 10.1. The molecule has 3 rings (SSSR count). The van der Waals surface area contributed by atoms with E-state index in [2.05, 4.69) is 10.2 Å². The molecule has 92 valence electrons. The maximum atomic E-state index is 12.1. The third-order valence-corrected chi connectivity index (χ3v) is 3.72. The zero-order valence-corrected chi connectivity index (χ0v) is 10.8. The van der Waals surface area contributed by atoms with E-state index in [1.165, 1.54) is 0 Å². The molecule has 0 bridgehead atoms. The Hall–Kier alpha value is -1.81. The van der Waals surface area contributed by atoms with Crippen molar-refractivity contribution in [3.05, 3.63) is 51.8 Å². The molecule has 0 saturated heterocycles. The number of aromatic nitrogens is 2. The molecule has 0 spiro atoms. The van der Waals surface area contributed by atoms with Crippen molar-refractivity contribution in [2.24, 2.45) is 0 Å². The molecule has 0 fully saturated rings. The van der Waals surface area contributed by atoms with Crippen molar-refractivity contribution in [1.29, 1.82) is 0 Å². The summed E-state index contributed by atoms with van der Waals surface area (Å²) < 4.78 is 0. The fraction of sp³-hybridized carbons (Fsp3) is 0.231. The first-order chi connectivity index (χ1) is 8.61. The van der Waals surface area contributed by atoms with E-state index in [4.69, 9.17) is 11.6 Å². The summed E-state index contributed by atoms with van der Waals surface area (Å²) in [4.78, 5) is 13.8. The number of nitrogens with one attached hydrogen (secondary N) is 1. The maximum absolute atomic E-state index is 12.1. The minimum Gasteiger partial charge on any atom is -0.329 e. The Morgan fingerprint density at radius 3 is 2.83 bits per heavy atom. The third kappa shape index (κ3) is 1.39. The van der Waals surface area contributed by atoms with Crippen LogP contribution in [-0.2, 0) is 0 Å². The van der Waals surface area contributed by atoms with Crippen LogP contribution in [-0.4, -0.2) is 28.1 Å². The minimum atomic E-state index is -0.153. The molecule has 5 heteroatoms. The summed E-state index contributed by atoms with van der Waals surface area (Å²) in [7, 11) is 1.78. The van der Waals surface area contributed by atoms with Gasteiger partial charge in [0.05, 0.1) is 6.04 Å². The summed E-state index contributed by atoms with van der Waals surface area (Å²) in [6.45, 7) is 1.92. The molecule has 1 aliphatic rings. The number of amides is 1. The number of carbonyl (C=O) groups is 1. The lowest BCUT2D eigenvalue weighted by Gasteiger charge is -2.22. The number of H-pyrrole nitrogens is 1. The molecular formula is C13H12ClN3O. The Labute approximate surface area is 110 Å². The van der Waals surface area contributed by atoms with Gasteiger partial charge >= 0.3 is 0 Å². The van der Waals surface area contributed by atoms with E-state index in [0.717, 1.165) is 16.8 Å². The minimum absolute atomic E-state index is 0.0701. The average molecular weight is 262 g/mol.